The van der Waals surface area contributed by atoms with Crippen molar-refractivity contribution in [3.63, 3.8) is 0 Å². The lowest BCUT2D eigenvalue weighted by Gasteiger charge is -2.34. The molecule has 26 heavy (non-hydrogen) atoms. The molecule has 0 unspecified atom stereocenters. The van der Waals surface area contributed by atoms with Gasteiger partial charge < -0.3 is 9.80 Å². The molecule has 2 aliphatic heterocycles. The zero-order valence-electron chi connectivity index (χ0n) is 14.5. The number of carbonyl (C=O) groups is 1. The molecule has 4 rings (SSSR count). The van der Waals surface area contributed by atoms with Crippen LogP contribution in [0.4, 0.5) is 11.5 Å². The molecule has 1 amide bonds. The number of hydrogen-bond donors (Lipinski definition) is 0. The van der Waals surface area contributed by atoms with Crippen LogP contribution < -0.4 is 9.80 Å². The van der Waals surface area contributed by atoms with Crippen LogP contribution in [-0.4, -0.2) is 56.8 Å². The summed E-state index contributed by atoms with van der Waals surface area (Å²) < 4.78 is 27.5. The number of aromatic nitrogens is 1. The van der Waals surface area contributed by atoms with E-state index in [9.17, 15) is 13.2 Å². The number of rotatable bonds is 3. The van der Waals surface area contributed by atoms with Gasteiger partial charge in [-0.05, 0) is 35.9 Å². The van der Waals surface area contributed by atoms with Crippen molar-refractivity contribution in [3.05, 3.63) is 48.2 Å². The maximum absolute atomic E-state index is 13.0. The summed E-state index contributed by atoms with van der Waals surface area (Å²) in [5.74, 6) is 0.849. The van der Waals surface area contributed by atoms with E-state index >= 15 is 0 Å². The zero-order chi connectivity index (χ0) is 18.3. The molecule has 0 spiro atoms. The van der Waals surface area contributed by atoms with Gasteiger partial charge >= 0.3 is 0 Å². The number of carbonyl (C=O) groups excluding carboxylic acids is 1. The molecule has 1 fully saturated rings. The van der Waals surface area contributed by atoms with Crippen molar-refractivity contribution in [2.45, 2.75) is 11.3 Å². The van der Waals surface area contributed by atoms with Crippen LogP contribution in [0.25, 0.3) is 0 Å². The lowest BCUT2D eigenvalue weighted by molar-refractivity contribution is -0.117. The third-order valence-electron chi connectivity index (χ3n) is 4.98. The van der Waals surface area contributed by atoms with Crippen LogP contribution in [0, 0.1) is 0 Å². The monoisotopic (exact) mass is 372 g/mol. The minimum absolute atomic E-state index is 0.0153. The minimum atomic E-state index is -3.57. The number of amides is 1. The van der Waals surface area contributed by atoms with E-state index in [0.29, 0.717) is 26.2 Å². The Morgan fingerprint density at radius 2 is 1.81 bits per heavy atom. The lowest BCUT2D eigenvalue weighted by atomic mass is 10.2. The van der Waals surface area contributed by atoms with Gasteiger partial charge in [0.1, 0.15) is 5.82 Å². The minimum Gasteiger partial charge on any atom is -0.354 e. The molecule has 7 nitrogen and oxygen atoms in total. The van der Waals surface area contributed by atoms with Crippen molar-refractivity contribution >= 4 is 27.4 Å². The topological polar surface area (TPSA) is 73.8 Å². The number of sulfonamides is 1. The molecule has 136 valence electrons. The molecule has 1 aromatic heterocycles. The highest BCUT2D eigenvalue weighted by Gasteiger charge is 2.31. The van der Waals surface area contributed by atoms with E-state index in [1.807, 2.05) is 18.2 Å². The van der Waals surface area contributed by atoms with Crippen molar-refractivity contribution in [2.24, 2.45) is 0 Å². The van der Waals surface area contributed by atoms with E-state index in [1.54, 1.807) is 36.3 Å². The second-order valence-corrected chi connectivity index (χ2v) is 8.44. The fraction of sp³-hybridized carbons (Fsp3) is 0.333. The summed E-state index contributed by atoms with van der Waals surface area (Å²) >= 11 is 0. The fourth-order valence-electron chi connectivity index (χ4n) is 3.45. The molecule has 0 saturated carbocycles. The summed E-state index contributed by atoms with van der Waals surface area (Å²) in [5, 5.41) is 0. The molecule has 3 heterocycles. The Labute approximate surface area is 152 Å². The van der Waals surface area contributed by atoms with Crippen LogP contribution in [0.5, 0.6) is 0 Å². The highest BCUT2D eigenvalue weighted by Crippen LogP contribution is 2.31. The molecule has 1 aromatic carbocycles. The lowest BCUT2D eigenvalue weighted by Crippen LogP contribution is -2.48. The van der Waals surface area contributed by atoms with Gasteiger partial charge in [0.05, 0.1) is 11.3 Å². The van der Waals surface area contributed by atoms with Crippen molar-refractivity contribution in [1.29, 1.82) is 0 Å². The van der Waals surface area contributed by atoms with Gasteiger partial charge in [0.15, 0.2) is 0 Å². The number of nitrogens with zero attached hydrogens (tertiary/aromatic N) is 4. The Morgan fingerprint density at radius 1 is 1.04 bits per heavy atom. The third-order valence-corrected chi connectivity index (χ3v) is 6.87. The van der Waals surface area contributed by atoms with Crippen molar-refractivity contribution in [2.75, 3.05) is 43.0 Å². The number of likely N-dealkylation sites (N-methyl/N-ethyl adjacent to an activating group) is 1. The first-order valence-electron chi connectivity index (χ1n) is 8.52. The Kier molecular flexibility index (Phi) is 4.16. The highest BCUT2D eigenvalue weighted by molar-refractivity contribution is 7.89. The van der Waals surface area contributed by atoms with Crippen molar-refractivity contribution in [1.82, 2.24) is 9.29 Å². The third kappa shape index (κ3) is 2.85. The van der Waals surface area contributed by atoms with Gasteiger partial charge in [-0.2, -0.15) is 4.31 Å². The average molecular weight is 372 g/mol. The number of hydrogen-bond acceptors (Lipinski definition) is 5. The zero-order valence-corrected chi connectivity index (χ0v) is 15.3. The first kappa shape index (κ1) is 17.0. The van der Waals surface area contributed by atoms with E-state index in [2.05, 4.69) is 9.88 Å². The van der Waals surface area contributed by atoms with Gasteiger partial charge in [0.25, 0.3) is 0 Å². The maximum atomic E-state index is 13.0. The summed E-state index contributed by atoms with van der Waals surface area (Å²) in [4.78, 5) is 20.0. The van der Waals surface area contributed by atoms with Gasteiger partial charge in [-0.3, -0.25) is 4.79 Å². The van der Waals surface area contributed by atoms with Gasteiger partial charge in [-0.15, -0.1) is 0 Å². The molecule has 0 N–H and O–H groups in total. The smallest absolute Gasteiger partial charge is 0.243 e. The van der Waals surface area contributed by atoms with E-state index < -0.39 is 10.0 Å². The summed E-state index contributed by atoms with van der Waals surface area (Å²) in [6.07, 6.45) is 1.99. The normalized spacial score (nSPS) is 18.3. The molecule has 2 aromatic rings. The molecule has 0 atom stereocenters. The van der Waals surface area contributed by atoms with Crippen LogP contribution in [-0.2, 0) is 21.2 Å². The fourth-order valence-corrected chi connectivity index (χ4v) is 4.93. The van der Waals surface area contributed by atoms with E-state index in [4.69, 9.17) is 0 Å². The molecule has 8 heteroatoms. The largest absolute Gasteiger partial charge is 0.354 e. The predicted octanol–water partition coefficient (Wildman–Crippen LogP) is 1.11. The Morgan fingerprint density at radius 3 is 2.50 bits per heavy atom. The average Bonchev–Trinajstić information content (AvgIpc) is 2.96. The van der Waals surface area contributed by atoms with E-state index in [1.165, 1.54) is 4.31 Å². The second-order valence-electron chi connectivity index (χ2n) is 6.50. The van der Waals surface area contributed by atoms with Crippen LogP contribution >= 0.6 is 0 Å². The standard InChI is InChI=1S/C18H20N4O3S/c1-20-16-6-5-15(12-14(16)13-18(20)23)26(24,25)22-10-8-21(9-11-22)17-4-2-3-7-19-17/h2-7,12H,8-11,13H2,1H3. The highest BCUT2D eigenvalue weighted by atomic mass is 32.2. The predicted molar refractivity (Wildman–Crippen MR) is 98.8 cm³/mol. The second kappa shape index (κ2) is 6.37. The van der Waals surface area contributed by atoms with Crippen LogP contribution in [0.2, 0.25) is 0 Å². The first-order valence-corrected chi connectivity index (χ1v) is 9.96. The van der Waals surface area contributed by atoms with Crippen molar-refractivity contribution in [3.8, 4) is 0 Å². The number of fused-ring (bicyclic) bond motifs is 1. The maximum Gasteiger partial charge on any atom is 0.243 e. The molecular weight excluding hydrogens is 352 g/mol. The van der Waals surface area contributed by atoms with Crippen molar-refractivity contribution < 1.29 is 13.2 Å². The molecular formula is C18H20N4O3S. The molecule has 2 aliphatic rings. The Hall–Kier alpha value is -2.45. The number of benzene rings is 1. The summed E-state index contributed by atoms with van der Waals surface area (Å²) in [6, 6.07) is 10.7. The van der Waals surface area contributed by atoms with Gasteiger partial charge in [-0.25, -0.2) is 13.4 Å². The summed E-state index contributed by atoms with van der Waals surface area (Å²) in [5.41, 5.74) is 1.56. The van der Waals surface area contributed by atoms with Gasteiger partial charge in [-0.1, -0.05) is 6.07 Å². The molecule has 0 bridgehead atoms. The van der Waals surface area contributed by atoms with Gasteiger partial charge in [0.2, 0.25) is 15.9 Å². The SMILES string of the molecule is CN1C(=O)Cc2cc(S(=O)(=O)N3CCN(c4ccccn4)CC3)ccc21. The molecule has 0 aliphatic carbocycles. The number of piperazine rings is 1. The molecule has 1 saturated heterocycles. The summed E-state index contributed by atoms with van der Waals surface area (Å²) in [7, 11) is -1.86. The summed E-state index contributed by atoms with van der Waals surface area (Å²) in [6.45, 7) is 2.02. The van der Waals surface area contributed by atoms with Crippen LogP contribution in [0.3, 0.4) is 0 Å². The Balaban J connectivity index is 1.52. The first-order chi connectivity index (χ1) is 12.5. The van der Waals surface area contributed by atoms with E-state index in [0.717, 1.165) is 17.1 Å². The number of pyridine rings is 1. The van der Waals surface area contributed by atoms with Crippen LogP contribution in [0.15, 0.2) is 47.5 Å². The number of anilines is 2. The quantitative estimate of drug-likeness (QED) is 0.807. The Bertz CT molecular complexity index is 938. The van der Waals surface area contributed by atoms with Crippen LogP contribution in [0.1, 0.15) is 5.56 Å². The van der Waals surface area contributed by atoms with E-state index in [-0.39, 0.29) is 17.2 Å². The van der Waals surface area contributed by atoms with Gasteiger partial charge in [0, 0.05) is 45.1 Å². The molecule has 0 radical (unpaired) electrons.